The zero-order valence-electron chi connectivity index (χ0n) is 16.2. The molecule has 0 spiro atoms. The summed E-state index contributed by atoms with van der Waals surface area (Å²) in [5, 5.41) is 11.9. The summed E-state index contributed by atoms with van der Waals surface area (Å²) in [6.45, 7) is 3.45. The van der Waals surface area contributed by atoms with Gasteiger partial charge in [0.15, 0.2) is 0 Å². The Morgan fingerprint density at radius 2 is 1.73 bits per heavy atom. The van der Waals surface area contributed by atoms with Crippen LogP contribution in [-0.2, 0) is 4.74 Å². The predicted octanol–water partition coefficient (Wildman–Crippen LogP) is 5.63. The van der Waals surface area contributed by atoms with E-state index in [-0.39, 0.29) is 0 Å². The molecule has 0 saturated carbocycles. The molecule has 0 radical (unpaired) electrons. The number of hydrogen-bond donors (Lipinski definition) is 1. The second-order valence-electron chi connectivity index (χ2n) is 7.20. The highest BCUT2D eigenvalue weighted by molar-refractivity contribution is 7.80. The van der Waals surface area contributed by atoms with Crippen LogP contribution in [0.5, 0.6) is 0 Å². The van der Waals surface area contributed by atoms with Crippen LogP contribution in [0.2, 0.25) is 0 Å². The number of aromatic nitrogens is 1. The average Bonchev–Trinajstić information content (AvgIpc) is 3.28. The number of pyridine rings is 1. The number of benzene rings is 2. The smallest absolute Gasteiger partial charge is 0.101 e. The van der Waals surface area contributed by atoms with Gasteiger partial charge in [0.2, 0.25) is 0 Å². The van der Waals surface area contributed by atoms with Gasteiger partial charge < -0.3 is 9.64 Å². The van der Waals surface area contributed by atoms with Gasteiger partial charge in [0.25, 0.3) is 0 Å². The lowest BCUT2D eigenvalue weighted by atomic mass is 10.0. The minimum atomic E-state index is 0.546. The summed E-state index contributed by atoms with van der Waals surface area (Å²) in [5.74, 6) is 0. The van der Waals surface area contributed by atoms with Gasteiger partial charge in [0, 0.05) is 51.4 Å². The zero-order valence-corrected chi connectivity index (χ0v) is 17.9. The molecule has 1 aliphatic rings. The molecule has 1 aliphatic heterocycles. The molecule has 5 rings (SSSR count). The third-order valence-electron chi connectivity index (χ3n) is 5.38. The molecule has 1 fully saturated rings. The first kappa shape index (κ1) is 19.1. The minimum Gasteiger partial charge on any atom is -0.378 e. The fraction of sp³-hybridized carbons (Fsp3) is 0.167. The van der Waals surface area contributed by atoms with Crippen LogP contribution in [0.15, 0.2) is 65.8 Å². The van der Waals surface area contributed by atoms with Crippen LogP contribution in [0.1, 0.15) is 5.56 Å². The van der Waals surface area contributed by atoms with Crippen molar-refractivity contribution in [2.75, 3.05) is 31.2 Å². The van der Waals surface area contributed by atoms with E-state index in [2.05, 4.69) is 77.1 Å². The van der Waals surface area contributed by atoms with Gasteiger partial charge in [-0.15, -0.1) is 24.0 Å². The van der Waals surface area contributed by atoms with E-state index in [1.54, 1.807) is 23.7 Å². The van der Waals surface area contributed by atoms with Crippen LogP contribution in [0.4, 0.5) is 5.69 Å². The van der Waals surface area contributed by atoms with Crippen molar-refractivity contribution in [1.29, 1.82) is 5.26 Å². The molecule has 0 amide bonds. The maximum atomic E-state index is 9.43. The number of hydrogen-bond acceptors (Lipinski definition) is 6. The third-order valence-corrected chi connectivity index (χ3v) is 6.87. The van der Waals surface area contributed by atoms with Crippen molar-refractivity contribution in [3.63, 3.8) is 0 Å². The first-order valence-electron chi connectivity index (χ1n) is 9.77. The van der Waals surface area contributed by atoms with Crippen LogP contribution < -0.4 is 4.90 Å². The predicted molar refractivity (Wildman–Crippen MR) is 125 cm³/mol. The number of thiophene rings is 1. The number of rotatable bonds is 3. The summed E-state index contributed by atoms with van der Waals surface area (Å²) in [7, 11) is 0. The molecule has 4 aromatic rings. The molecule has 0 unspecified atom stereocenters. The lowest BCUT2D eigenvalue weighted by molar-refractivity contribution is 0.122. The van der Waals surface area contributed by atoms with Crippen LogP contribution >= 0.6 is 24.0 Å². The quantitative estimate of drug-likeness (QED) is 0.429. The van der Waals surface area contributed by atoms with E-state index in [9.17, 15) is 5.26 Å². The lowest BCUT2D eigenvalue weighted by Gasteiger charge is -2.29. The van der Waals surface area contributed by atoms with Crippen molar-refractivity contribution in [2.24, 2.45) is 0 Å². The zero-order chi connectivity index (χ0) is 20.5. The number of thiol groups is 1. The highest BCUT2D eigenvalue weighted by Gasteiger charge is 2.14. The van der Waals surface area contributed by atoms with Crippen molar-refractivity contribution in [2.45, 2.75) is 4.90 Å². The van der Waals surface area contributed by atoms with Gasteiger partial charge in [0.05, 0.1) is 18.8 Å². The third kappa shape index (κ3) is 3.56. The van der Waals surface area contributed by atoms with Gasteiger partial charge >= 0.3 is 0 Å². The number of nitriles is 1. The molecule has 6 heteroatoms. The summed E-state index contributed by atoms with van der Waals surface area (Å²) in [4.78, 5) is 9.36. The summed E-state index contributed by atoms with van der Waals surface area (Å²) < 4.78 is 5.46. The van der Waals surface area contributed by atoms with Crippen LogP contribution in [0.3, 0.4) is 0 Å². The Morgan fingerprint density at radius 3 is 2.57 bits per heavy atom. The summed E-state index contributed by atoms with van der Waals surface area (Å²) in [6.07, 6.45) is 3.28. The van der Waals surface area contributed by atoms with Crippen molar-refractivity contribution in [1.82, 2.24) is 4.98 Å². The second kappa shape index (κ2) is 8.11. The minimum absolute atomic E-state index is 0.546. The lowest BCUT2D eigenvalue weighted by Crippen LogP contribution is -2.36. The van der Waals surface area contributed by atoms with Crippen molar-refractivity contribution in [3.05, 3.63) is 66.5 Å². The summed E-state index contributed by atoms with van der Waals surface area (Å²) >= 11 is 6.18. The Kier molecular flexibility index (Phi) is 5.17. The average molecular weight is 430 g/mol. The fourth-order valence-electron chi connectivity index (χ4n) is 3.83. The van der Waals surface area contributed by atoms with E-state index in [0.29, 0.717) is 5.56 Å². The van der Waals surface area contributed by atoms with E-state index in [0.717, 1.165) is 46.5 Å². The molecule has 1 saturated heterocycles. The first-order valence-corrected chi connectivity index (χ1v) is 11.0. The summed E-state index contributed by atoms with van der Waals surface area (Å²) in [6, 6.07) is 19.6. The van der Waals surface area contributed by atoms with Gasteiger partial charge in [0.1, 0.15) is 6.07 Å². The Labute approximate surface area is 184 Å². The molecule has 3 heterocycles. The number of morpholine rings is 1. The van der Waals surface area contributed by atoms with Gasteiger partial charge in [-0.1, -0.05) is 18.2 Å². The second-order valence-corrected chi connectivity index (χ2v) is 8.77. The van der Waals surface area contributed by atoms with E-state index in [4.69, 9.17) is 4.74 Å². The maximum Gasteiger partial charge on any atom is 0.101 e. The molecule has 0 atom stereocenters. The van der Waals surface area contributed by atoms with Gasteiger partial charge in [-0.25, -0.2) is 0 Å². The van der Waals surface area contributed by atoms with E-state index >= 15 is 0 Å². The van der Waals surface area contributed by atoms with Crippen molar-refractivity contribution in [3.8, 4) is 27.0 Å². The maximum absolute atomic E-state index is 9.43. The summed E-state index contributed by atoms with van der Waals surface area (Å²) in [5.41, 5.74) is 3.82. The van der Waals surface area contributed by atoms with Crippen molar-refractivity contribution >= 4 is 40.4 Å². The molecule has 30 heavy (non-hydrogen) atoms. The van der Waals surface area contributed by atoms with E-state index in [1.165, 1.54) is 22.0 Å². The molecule has 0 N–H and O–H groups in total. The van der Waals surface area contributed by atoms with Gasteiger partial charge in [-0.05, 0) is 46.7 Å². The van der Waals surface area contributed by atoms with Gasteiger partial charge in [-0.3, -0.25) is 4.98 Å². The molecular formula is C24H19N3OS2. The van der Waals surface area contributed by atoms with E-state index in [1.807, 2.05) is 0 Å². The molecule has 0 bridgehead atoms. The highest BCUT2D eigenvalue weighted by atomic mass is 32.1. The molecule has 2 aromatic carbocycles. The molecular weight excluding hydrogens is 410 g/mol. The number of ether oxygens (including phenoxy) is 1. The van der Waals surface area contributed by atoms with Crippen molar-refractivity contribution < 1.29 is 4.74 Å². The van der Waals surface area contributed by atoms with Crippen LogP contribution in [-0.4, -0.2) is 31.3 Å². The molecule has 148 valence electrons. The number of fused-ring (bicyclic) bond motifs is 1. The molecule has 0 aliphatic carbocycles. The van der Waals surface area contributed by atoms with E-state index < -0.39 is 0 Å². The largest absolute Gasteiger partial charge is 0.378 e. The molecule has 4 nitrogen and oxygen atoms in total. The number of anilines is 1. The number of nitrogens with zero attached hydrogens (tertiary/aromatic N) is 3. The Hall–Kier alpha value is -2.85. The Bertz CT molecular complexity index is 1270. The monoisotopic (exact) mass is 429 g/mol. The SMILES string of the molecule is N#Cc1cncc(S)c1-c1ccc(-c2ccc3cc(N4CCOCC4)ccc3c2)s1. The topological polar surface area (TPSA) is 49.2 Å². The Balaban J connectivity index is 1.48. The normalized spacial score (nSPS) is 14.1. The first-order chi connectivity index (χ1) is 14.7. The Morgan fingerprint density at radius 1 is 0.967 bits per heavy atom. The fourth-order valence-corrected chi connectivity index (χ4v) is 5.28. The standard InChI is InChI=1S/C24H19N3OS2/c25-13-19-14-26-15-21(29)24(19)23-6-5-22(30-23)18-2-1-17-12-20(4-3-16(17)11-18)27-7-9-28-10-8-27/h1-6,11-12,14-15,29H,7-10H2. The van der Waals surface area contributed by atoms with Gasteiger partial charge in [-0.2, -0.15) is 5.26 Å². The molecule has 2 aromatic heterocycles. The highest BCUT2D eigenvalue weighted by Crippen LogP contribution is 2.39. The van der Waals surface area contributed by atoms with Crippen LogP contribution in [0.25, 0.3) is 31.7 Å². The van der Waals surface area contributed by atoms with Crippen LogP contribution in [0, 0.1) is 11.3 Å².